The van der Waals surface area contributed by atoms with Gasteiger partial charge in [0.15, 0.2) is 0 Å². The topological polar surface area (TPSA) is 93.3 Å². The van der Waals surface area contributed by atoms with Crippen LogP contribution in [0.5, 0.6) is 5.75 Å². The summed E-state index contributed by atoms with van der Waals surface area (Å²) in [5, 5.41) is 2.96. The molecule has 35 heavy (non-hydrogen) atoms. The fraction of sp³-hybridized carbons (Fsp3) is 0.107. The maximum absolute atomic E-state index is 13.1. The third-order valence-electron chi connectivity index (χ3n) is 5.89. The molecular weight excluding hydrogens is 442 g/mol. The van der Waals surface area contributed by atoms with Crippen molar-refractivity contribution >= 4 is 29.2 Å². The molecule has 7 nitrogen and oxygen atoms in total. The van der Waals surface area contributed by atoms with Crippen LogP contribution in [0.2, 0.25) is 0 Å². The van der Waals surface area contributed by atoms with Crippen molar-refractivity contribution in [3.8, 4) is 28.0 Å². The van der Waals surface area contributed by atoms with E-state index >= 15 is 0 Å². The standard InChI is InChI=1S/C28H23N3O4/c1-3-35-28(33)22-16-30-24(25(22)18-7-9-19(34-2)10-8-18)15-21-26-20(17-11-13-29-14-12-17)5-4-6-23(26)31-27(21)32/h4-16,30H,3H2,1-2H3,(H,31,32)/b21-15-. The fourth-order valence-electron chi connectivity index (χ4n) is 4.30. The summed E-state index contributed by atoms with van der Waals surface area (Å²) in [6.07, 6.45) is 6.85. The average Bonchev–Trinajstić information content (AvgIpc) is 3.45. The van der Waals surface area contributed by atoms with Gasteiger partial charge in [-0.2, -0.15) is 0 Å². The van der Waals surface area contributed by atoms with Crippen LogP contribution >= 0.6 is 0 Å². The number of esters is 1. The van der Waals surface area contributed by atoms with Crippen LogP contribution in [0, 0.1) is 0 Å². The number of H-pyrrole nitrogens is 1. The van der Waals surface area contributed by atoms with E-state index in [9.17, 15) is 9.59 Å². The summed E-state index contributed by atoms with van der Waals surface area (Å²) < 4.78 is 10.6. The molecule has 2 aromatic heterocycles. The van der Waals surface area contributed by atoms with E-state index in [2.05, 4.69) is 15.3 Å². The smallest absolute Gasteiger partial charge is 0.340 e. The van der Waals surface area contributed by atoms with Crippen molar-refractivity contribution in [2.24, 2.45) is 0 Å². The monoisotopic (exact) mass is 465 g/mol. The highest BCUT2D eigenvalue weighted by Gasteiger charge is 2.28. The molecule has 5 rings (SSSR count). The summed E-state index contributed by atoms with van der Waals surface area (Å²) >= 11 is 0. The van der Waals surface area contributed by atoms with Crippen molar-refractivity contribution in [3.63, 3.8) is 0 Å². The first-order valence-corrected chi connectivity index (χ1v) is 11.2. The maximum atomic E-state index is 13.1. The number of ether oxygens (including phenoxy) is 2. The number of anilines is 1. The molecule has 1 aliphatic heterocycles. The first-order chi connectivity index (χ1) is 17.1. The highest BCUT2D eigenvalue weighted by Crippen LogP contribution is 2.41. The van der Waals surface area contributed by atoms with Crippen molar-refractivity contribution < 1.29 is 19.1 Å². The minimum atomic E-state index is -0.437. The van der Waals surface area contributed by atoms with E-state index in [4.69, 9.17) is 9.47 Å². The first-order valence-electron chi connectivity index (χ1n) is 11.2. The van der Waals surface area contributed by atoms with E-state index < -0.39 is 5.97 Å². The van der Waals surface area contributed by atoms with Gasteiger partial charge in [-0.1, -0.05) is 24.3 Å². The highest BCUT2D eigenvalue weighted by molar-refractivity contribution is 6.36. The number of benzene rings is 2. The minimum absolute atomic E-state index is 0.213. The summed E-state index contributed by atoms with van der Waals surface area (Å²) in [7, 11) is 1.60. The van der Waals surface area contributed by atoms with Crippen molar-refractivity contribution in [2.45, 2.75) is 6.92 Å². The van der Waals surface area contributed by atoms with Crippen LogP contribution < -0.4 is 10.1 Å². The van der Waals surface area contributed by atoms with Gasteiger partial charge < -0.3 is 19.8 Å². The fourth-order valence-corrected chi connectivity index (χ4v) is 4.30. The number of aromatic nitrogens is 2. The van der Waals surface area contributed by atoms with Gasteiger partial charge in [0, 0.05) is 41.1 Å². The Kier molecular flexibility index (Phi) is 5.89. The minimum Gasteiger partial charge on any atom is -0.497 e. The number of nitrogens with zero attached hydrogens (tertiary/aromatic N) is 1. The van der Waals surface area contributed by atoms with Gasteiger partial charge in [0.1, 0.15) is 5.75 Å². The lowest BCUT2D eigenvalue weighted by Crippen LogP contribution is -2.05. The lowest BCUT2D eigenvalue weighted by atomic mass is 9.93. The normalized spacial score (nSPS) is 13.4. The summed E-state index contributed by atoms with van der Waals surface area (Å²) in [6, 6.07) is 17.0. The molecule has 0 bridgehead atoms. The number of nitrogens with one attached hydrogen (secondary N) is 2. The number of aromatic amines is 1. The molecule has 0 spiro atoms. The van der Waals surface area contributed by atoms with E-state index in [1.165, 1.54) is 0 Å². The lowest BCUT2D eigenvalue weighted by Gasteiger charge is -2.10. The number of carbonyl (C=O) groups excluding carboxylic acids is 2. The Balaban J connectivity index is 1.68. The van der Waals surface area contributed by atoms with Crippen LogP contribution in [0.25, 0.3) is 33.9 Å². The average molecular weight is 466 g/mol. The van der Waals surface area contributed by atoms with Crippen molar-refractivity contribution in [1.82, 2.24) is 9.97 Å². The van der Waals surface area contributed by atoms with Gasteiger partial charge in [0.2, 0.25) is 0 Å². The maximum Gasteiger partial charge on any atom is 0.340 e. The number of hydrogen-bond donors (Lipinski definition) is 2. The van der Waals surface area contributed by atoms with Gasteiger partial charge in [0.25, 0.3) is 5.91 Å². The van der Waals surface area contributed by atoms with E-state index in [1.54, 1.807) is 38.7 Å². The second kappa shape index (κ2) is 9.30. The number of pyridine rings is 1. The molecule has 2 aromatic carbocycles. The first kappa shape index (κ1) is 22.2. The van der Waals surface area contributed by atoms with Gasteiger partial charge in [-0.05, 0) is 60.0 Å². The molecule has 174 valence electrons. The third-order valence-corrected chi connectivity index (χ3v) is 5.89. The number of fused-ring (bicyclic) bond motifs is 1. The molecule has 0 atom stereocenters. The molecule has 0 unspecified atom stereocenters. The van der Waals surface area contributed by atoms with Crippen molar-refractivity contribution in [3.05, 3.63) is 90.0 Å². The molecule has 0 saturated carbocycles. The van der Waals surface area contributed by atoms with Crippen LogP contribution in [0.3, 0.4) is 0 Å². The van der Waals surface area contributed by atoms with Crippen LogP contribution in [0.4, 0.5) is 5.69 Å². The van der Waals surface area contributed by atoms with Crippen LogP contribution in [0.15, 0.2) is 73.2 Å². The van der Waals surface area contributed by atoms with Gasteiger partial charge in [-0.3, -0.25) is 9.78 Å². The number of carbonyl (C=O) groups is 2. The van der Waals surface area contributed by atoms with E-state index in [0.717, 1.165) is 27.9 Å². The molecule has 1 amide bonds. The zero-order valence-electron chi connectivity index (χ0n) is 19.3. The molecule has 1 aliphatic rings. The molecule has 0 fully saturated rings. The third kappa shape index (κ3) is 4.08. The summed E-state index contributed by atoms with van der Waals surface area (Å²) in [5.41, 5.74) is 6.37. The van der Waals surface area contributed by atoms with E-state index in [-0.39, 0.29) is 12.5 Å². The molecule has 2 N–H and O–H groups in total. The highest BCUT2D eigenvalue weighted by atomic mass is 16.5. The Labute approximate surface area is 202 Å². The zero-order valence-corrected chi connectivity index (χ0v) is 19.3. The van der Waals surface area contributed by atoms with E-state index in [0.29, 0.717) is 28.1 Å². The molecule has 7 heteroatoms. The Morgan fingerprint density at radius 1 is 1.00 bits per heavy atom. The van der Waals surface area contributed by atoms with Gasteiger partial charge >= 0.3 is 5.97 Å². The summed E-state index contributed by atoms with van der Waals surface area (Å²) in [5.74, 6) is 0.0513. The second-order valence-electron chi connectivity index (χ2n) is 7.92. The zero-order chi connectivity index (χ0) is 24.4. The number of rotatable bonds is 6. The predicted octanol–water partition coefficient (Wildman–Crippen LogP) is 5.42. The second-order valence-corrected chi connectivity index (χ2v) is 7.92. The molecular formula is C28H23N3O4. The largest absolute Gasteiger partial charge is 0.497 e. The SMILES string of the molecule is CCOC(=O)c1c[nH]c(/C=C2\C(=O)Nc3cccc(-c4ccncc4)c32)c1-c1ccc(OC)cc1. The quantitative estimate of drug-likeness (QED) is 0.293. The Bertz CT molecular complexity index is 1440. The Morgan fingerprint density at radius 3 is 2.49 bits per heavy atom. The number of hydrogen-bond acceptors (Lipinski definition) is 5. The predicted molar refractivity (Wildman–Crippen MR) is 135 cm³/mol. The van der Waals surface area contributed by atoms with Gasteiger partial charge in [-0.15, -0.1) is 0 Å². The summed E-state index contributed by atoms with van der Waals surface area (Å²) in [6.45, 7) is 2.02. The van der Waals surface area contributed by atoms with E-state index in [1.807, 2.05) is 54.6 Å². The molecule has 4 aromatic rings. The molecule has 0 saturated heterocycles. The van der Waals surface area contributed by atoms with Crippen LogP contribution in [0.1, 0.15) is 28.5 Å². The van der Waals surface area contributed by atoms with Gasteiger partial charge in [-0.25, -0.2) is 4.79 Å². The summed E-state index contributed by atoms with van der Waals surface area (Å²) in [4.78, 5) is 33.1. The molecule has 0 radical (unpaired) electrons. The van der Waals surface area contributed by atoms with Crippen molar-refractivity contribution in [2.75, 3.05) is 19.0 Å². The van der Waals surface area contributed by atoms with Crippen molar-refractivity contribution in [1.29, 1.82) is 0 Å². The number of methoxy groups -OCH3 is 1. The lowest BCUT2D eigenvalue weighted by molar-refractivity contribution is -0.110. The van der Waals surface area contributed by atoms with Crippen LogP contribution in [-0.4, -0.2) is 35.6 Å². The molecule has 0 aliphatic carbocycles. The van der Waals surface area contributed by atoms with Crippen LogP contribution in [-0.2, 0) is 9.53 Å². The van der Waals surface area contributed by atoms with Gasteiger partial charge in [0.05, 0.1) is 24.9 Å². The Morgan fingerprint density at radius 2 is 1.77 bits per heavy atom. The number of amides is 1. The Hall–Kier alpha value is -4.65. The molecule has 3 heterocycles.